The second-order valence-corrected chi connectivity index (χ2v) is 7.22. The van der Waals surface area contributed by atoms with E-state index in [9.17, 15) is 9.59 Å². The first kappa shape index (κ1) is 18.3. The number of hydrogen-bond donors (Lipinski definition) is 2. The Bertz CT molecular complexity index is 774. The number of aromatic amines is 1. The van der Waals surface area contributed by atoms with Gasteiger partial charge in [-0.15, -0.1) is 0 Å². The number of rotatable bonds is 4. The number of halogens is 1. The van der Waals surface area contributed by atoms with Gasteiger partial charge in [0.2, 0.25) is 5.91 Å². The Kier molecular flexibility index (Phi) is 5.23. The van der Waals surface area contributed by atoms with Crippen LogP contribution in [0.4, 0.5) is 0 Å². The number of ether oxygens (including phenoxy) is 1. The number of esters is 1. The number of carbonyl (C=O) groups excluding carboxylic acids is 2. The molecular weight excluding hydrogens is 328 g/mol. The minimum Gasteiger partial charge on any atom is -0.461 e. The Balaban J connectivity index is 2.55. The van der Waals surface area contributed by atoms with Crippen molar-refractivity contribution in [2.75, 3.05) is 6.61 Å². The fourth-order valence-electron chi connectivity index (χ4n) is 2.61. The Hall–Kier alpha value is -2.01. The van der Waals surface area contributed by atoms with E-state index in [4.69, 9.17) is 16.3 Å². The smallest absolute Gasteiger partial charge is 0.355 e. The van der Waals surface area contributed by atoms with Gasteiger partial charge in [-0.2, -0.15) is 0 Å². The Labute approximate surface area is 146 Å². The van der Waals surface area contributed by atoms with Gasteiger partial charge in [0.25, 0.3) is 0 Å². The molecule has 0 aliphatic carbocycles. The lowest BCUT2D eigenvalue weighted by molar-refractivity contribution is -0.123. The highest BCUT2D eigenvalue weighted by Gasteiger charge is 2.28. The predicted octanol–water partition coefficient (Wildman–Crippen LogP) is 4.02. The van der Waals surface area contributed by atoms with Crippen LogP contribution in [0.15, 0.2) is 18.2 Å². The molecule has 2 N–H and O–H groups in total. The molecule has 2 rings (SSSR count). The molecule has 1 aromatic carbocycles. The van der Waals surface area contributed by atoms with E-state index in [1.807, 2.05) is 26.8 Å². The first-order valence-electron chi connectivity index (χ1n) is 7.94. The summed E-state index contributed by atoms with van der Waals surface area (Å²) in [5.74, 6) is -1.14. The third-order valence-corrected chi connectivity index (χ3v) is 3.84. The molecule has 1 heterocycles. The number of H-pyrrole nitrogens is 1. The van der Waals surface area contributed by atoms with Crippen molar-refractivity contribution in [2.45, 2.75) is 46.1 Å². The molecular formula is C18H23ClN2O3. The summed E-state index contributed by atoms with van der Waals surface area (Å²) in [7, 11) is 0. The second kappa shape index (κ2) is 6.85. The molecule has 0 fully saturated rings. The summed E-state index contributed by atoms with van der Waals surface area (Å²) in [4.78, 5) is 28.0. The van der Waals surface area contributed by atoms with E-state index < -0.39 is 11.9 Å². The van der Waals surface area contributed by atoms with E-state index in [1.165, 1.54) is 0 Å². The van der Waals surface area contributed by atoms with Crippen LogP contribution in [0.1, 0.15) is 56.6 Å². The molecule has 0 radical (unpaired) electrons. The maximum atomic E-state index is 12.6. The van der Waals surface area contributed by atoms with Gasteiger partial charge < -0.3 is 15.0 Å². The summed E-state index contributed by atoms with van der Waals surface area (Å²) in [5.41, 5.74) is 1.27. The lowest BCUT2D eigenvalue weighted by atomic mass is 9.95. The van der Waals surface area contributed by atoms with E-state index in [0.29, 0.717) is 21.8 Å². The highest BCUT2D eigenvalue weighted by molar-refractivity contribution is 6.31. The van der Waals surface area contributed by atoms with Crippen LogP contribution in [-0.4, -0.2) is 29.0 Å². The van der Waals surface area contributed by atoms with Gasteiger partial charge in [-0.1, -0.05) is 17.7 Å². The van der Waals surface area contributed by atoms with Crippen molar-refractivity contribution in [1.29, 1.82) is 0 Å². The highest BCUT2D eigenvalue weighted by Crippen LogP contribution is 2.32. The number of fused-ring (bicyclic) bond motifs is 1. The minimum atomic E-state index is -0.515. The normalized spacial score (nSPS) is 12.9. The minimum absolute atomic E-state index is 0.149. The lowest BCUT2D eigenvalue weighted by Crippen LogP contribution is -2.42. The largest absolute Gasteiger partial charge is 0.461 e. The molecule has 130 valence electrons. The van der Waals surface area contributed by atoms with Crippen LogP contribution in [-0.2, 0) is 9.53 Å². The molecule has 1 unspecified atom stereocenters. The van der Waals surface area contributed by atoms with Gasteiger partial charge in [0.1, 0.15) is 5.69 Å². The van der Waals surface area contributed by atoms with Gasteiger partial charge >= 0.3 is 5.97 Å². The molecule has 1 atom stereocenters. The third kappa shape index (κ3) is 3.90. The first-order chi connectivity index (χ1) is 11.1. The summed E-state index contributed by atoms with van der Waals surface area (Å²) < 4.78 is 5.12. The first-order valence-corrected chi connectivity index (χ1v) is 8.32. The summed E-state index contributed by atoms with van der Waals surface area (Å²) in [5, 5.41) is 4.29. The van der Waals surface area contributed by atoms with Gasteiger partial charge in [-0.25, -0.2) is 4.79 Å². The van der Waals surface area contributed by atoms with Crippen molar-refractivity contribution in [3.05, 3.63) is 34.5 Å². The molecule has 0 saturated carbocycles. The van der Waals surface area contributed by atoms with E-state index in [0.717, 1.165) is 5.39 Å². The summed E-state index contributed by atoms with van der Waals surface area (Å²) in [6.07, 6.45) is 0. The average molecular weight is 351 g/mol. The third-order valence-electron chi connectivity index (χ3n) is 3.60. The van der Waals surface area contributed by atoms with Crippen LogP contribution in [0.3, 0.4) is 0 Å². The number of benzene rings is 1. The van der Waals surface area contributed by atoms with Crippen LogP contribution in [0.5, 0.6) is 0 Å². The second-order valence-electron chi connectivity index (χ2n) is 6.78. The van der Waals surface area contributed by atoms with Crippen molar-refractivity contribution in [3.8, 4) is 0 Å². The summed E-state index contributed by atoms with van der Waals surface area (Å²) in [6.45, 7) is 9.53. The van der Waals surface area contributed by atoms with Crippen LogP contribution < -0.4 is 5.32 Å². The molecule has 6 heteroatoms. The van der Waals surface area contributed by atoms with E-state index in [-0.39, 0.29) is 18.1 Å². The predicted molar refractivity (Wildman–Crippen MR) is 95.6 cm³/mol. The Morgan fingerprint density at radius 1 is 1.33 bits per heavy atom. The quantitative estimate of drug-likeness (QED) is 0.818. The van der Waals surface area contributed by atoms with Gasteiger partial charge in [0.05, 0.1) is 12.5 Å². The zero-order chi connectivity index (χ0) is 18.1. The average Bonchev–Trinajstić information content (AvgIpc) is 2.83. The zero-order valence-electron chi connectivity index (χ0n) is 14.6. The van der Waals surface area contributed by atoms with Gasteiger partial charge in [0, 0.05) is 27.0 Å². The number of nitrogens with one attached hydrogen (secondary N) is 2. The van der Waals surface area contributed by atoms with E-state index >= 15 is 0 Å². The molecule has 5 nitrogen and oxygen atoms in total. The van der Waals surface area contributed by atoms with Crippen molar-refractivity contribution in [3.63, 3.8) is 0 Å². The van der Waals surface area contributed by atoms with Gasteiger partial charge in [0.15, 0.2) is 0 Å². The van der Waals surface area contributed by atoms with Crippen LogP contribution in [0.2, 0.25) is 5.02 Å². The van der Waals surface area contributed by atoms with Gasteiger partial charge in [-0.3, -0.25) is 4.79 Å². The molecule has 1 amide bonds. The summed E-state index contributed by atoms with van der Waals surface area (Å²) in [6, 6.07) is 5.29. The van der Waals surface area contributed by atoms with Gasteiger partial charge in [-0.05, 0) is 46.8 Å². The Morgan fingerprint density at radius 2 is 2.00 bits per heavy atom. The van der Waals surface area contributed by atoms with E-state index in [2.05, 4.69) is 10.3 Å². The molecule has 0 spiro atoms. The van der Waals surface area contributed by atoms with Crippen molar-refractivity contribution < 1.29 is 14.3 Å². The number of amides is 1. The molecule has 24 heavy (non-hydrogen) atoms. The highest BCUT2D eigenvalue weighted by atomic mass is 35.5. The lowest BCUT2D eigenvalue weighted by Gasteiger charge is -2.23. The molecule has 1 aromatic heterocycles. The van der Waals surface area contributed by atoms with Crippen molar-refractivity contribution >= 4 is 34.4 Å². The molecule has 0 aliphatic heterocycles. The maximum Gasteiger partial charge on any atom is 0.355 e. The monoisotopic (exact) mass is 350 g/mol. The molecule has 0 aliphatic rings. The van der Waals surface area contributed by atoms with Crippen LogP contribution >= 0.6 is 11.6 Å². The number of carbonyl (C=O) groups is 2. The zero-order valence-corrected chi connectivity index (χ0v) is 15.4. The van der Waals surface area contributed by atoms with Crippen LogP contribution in [0.25, 0.3) is 10.9 Å². The van der Waals surface area contributed by atoms with E-state index in [1.54, 1.807) is 26.0 Å². The van der Waals surface area contributed by atoms with Crippen molar-refractivity contribution in [2.24, 2.45) is 0 Å². The molecule has 0 saturated heterocycles. The number of hydrogen-bond acceptors (Lipinski definition) is 3. The fourth-order valence-corrected chi connectivity index (χ4v) is 2.79. The van der Waals surface area contributed by atoms with Crippen molar-refractivity contribution in [1.82, 2.24) is 10.3 Å². The maximum absolute atomic E-state index is 12.6. The number of aromatic nitrogens is 1. The molecule has 2 aromatic rings. The summed E-state index contributed by atoms with van der Waals surface area (Å²) >= 11 is 6.03. The Morgan fingerprint density at radius 3 is 2.58 bits per heavy atom. The standard InChI is InChI=1S/C18H23ClN2O3/c1-6-24-17(23)15-14(10(2)16(22)21-18(3,4)5)12-8-7-11(19)9-13(12)20-15/h7-10,20H,6H2,1-5H3,(H,21,22). The topological polar surface area (TPSA) is 71.2 Å². The molecule has 0 bridgehead atoms. The SMILES string of the molecule is CCOC(=O)c1[nH]c2cc(Cl)ccc2c1C(C)C(=O)NC(C)(C)C. The van der Waals surface area contributed by atoms with Crippen LogP contribution in [0, 0.1) is 0 Å². The fraction of sp³-hybridized carbons (Fsp3) is 0.444.